The minimum atomic E-state index is -0.392. The van der Waals surface area contributed by atoms with Crippen LogP contribution in [0.2, 0.25) is 0 Å². The molecule has 2 rings (SSSR count). The summed E-state index contributed by atoms with van der Waals surface area (Å²) in [6.45, 7) is 5.77. The van der Waals surface area contributed by atoms with E-state index in [4.69, 9.17) is 4.74 Å². The average molecular weight is 292 g/mol. The second-order valence-corrected chi connectivity index (χ2v) is 4.76. The zero-order valence-corrected chi connectivity index (χ0v) is 12.0. The maximum atomic E-state index is 12.2. The smallest absolute Gasteiger partial charge is 0.245 e. The summed E-state index contributed by atoms with van der Waals surface area (Å²) in [5.41, 5.74) is 0. The summed E-state index contributed by atoms with van der Waals surface area (Å²) in [7, 11) is 0. The van der Waals surface area contributed by atoms with Crippen LogP contribution in [0.1, 0.15) is 13.3 Å². The van der Waals surface area contributed by atoms with Gasteiger partial charge in [-0.15, -0.1) is 12.4 Å². The number of carbonyl (C=O) groups is 2. The van der Waals surface area contributed by atoms with E-state index in [0.717, 1.165) is 0 Å². The van der Waals surface area contributed by atoms with Crippen molar-refractivity contribution in [2.75, 3.05) is 39.4 Å². The second kappa shape index (κ2) is 7.67. The highest BCUT2D eigenvalue weighted by Crippen LogP contribution is 2.07. The monoisotopic (exact) mass is 291 g/mol. The molecule has 110 valence electrons. The minimum Gasteiger partial charge on any atom is -0.378 e. The van der Waals surface area contributed by atoms with Crippen LogP contribution in [0.3, 0.4) is 0 Å². The Morgan fingerprint density at radius 1 is 1.37 bits per heavy atom. The predicted octanol–water partition coefficient (Wildman–Crippen LogP) is -0.619. The Balaban J connectivity index is 0.00000180. The predicted molar refractivity (Wildman–Crippen MR) is 73.2 cm³/mol. The lowest BCUT2D eigenvalue weighted by molar-refractivity contribution is -0.141. The Kier molecular flexibility index (Phi) is 6.54. The van der Waals surface area contributed by atoms with Crippen molar-refractivity contribution < 1.29 is 14.3 Å². The van der Waals surface area contributed by atoms with Gasteiger partial charge in [0.15, 0.2) is 0 Å². The molecule has 6 nitrogen and oxygen atoms in total. The molecular weight excluding hydrogens is 270 g/mol. The molecule has 7 heteroatoms. The van der Waals surface area contributed by atoms with E-state index >= 15 is 0 Å². The molecule has 2 N–H and O–H groups in total. The molecule has 2 saturated heterocycles. The number of halogens is 1. The van der Waals surface area contributed by atoms with Crippen molar-refractivity contribution in [3.63, 3.8) is 0 Å². The maximum Gasteiger partial charge on any atom is 0.245 e. The SMILES string of the molecule is CCC(NC(=O)C1CNC1)C(=O)N1CCOCC1.Cl. The van der Waals surface area contributed by atoms with Crippen molar-refractivity contribution in [1.82, 2.24) is 15.5 Å². The first-order valence-electron chi connectivity index (χ1n) is 6.60. The van der Waals surface area contributed by atoms with Crippen LogP contribution in [0, 0.1) is 5.92 Å². The number of carbonyl (C=O) groups excluding carboxylic acids is 2. The zero-order chi connectivity index (χ0) is 13.0. The molecule has 0 bridgehead atoms. The fourth-order valence-corrected chi connectivity index (χ4v) is 2.11. The lowest BCUT2D eigenvalue weighted by atomic mass is 10.0. The standard InChI is InChI=1S/C12H21N3O3.ClH/c1-2-10(14-11(16)9-7-13-8-9)12(17)15-3-5-18-6-4-15;/h9-10,13H,2-8H2,1H3,(H,14,16);1H. The lowest BCUT2D eigenvalue weighted by Crippen LogP contribution is -2.56. The van der Waals surface area contributed by atoms with Crippen LogP contribution in [0.5, 0.6) is 0 Å². The first-order valence-corrected chi connectivity index (χ1v) is 6.60. The van der Waals surface area contributed by atoms with Crippen molar-refractivity contribution >= 4 is 24.2 Å². The van der Waals surface area contributed by atoms with Gasteiger partial charge < -0.3 is 20.3 Å². The van der Waals surface area contributed by atoms with Gasteiger partial charge in [0.2, 0.25) is 11.8 Å². The van der Waals surface area contributed by atoms with Crippen LogP contribution >= 0.6 is 12.4 Å². The van der Waals surface area contributed by atoms with Gasteiger partial charge in [0.25, 0.3) is 0 Å². The van der Waals surface area contributed by atoms with Crippen molar-refractivity contribution in [2.45, 2.75) is 19.4 Å². The third kappa shape index (κ3) is 4.06. The molecule has 19 heavy (non-hydrogen) atoms. The van der Waals surface area contributed by atoms with Gasteiger partial charge in [0.05, 0.1) is 19.1 Å². The van der Waals surface area contributed by atoms with E-state index in [9.17, 15) is 9.59 Å². The molecule has 0 aromatic rings. The molecule has 0 radical (unpaired) electrons. The summed E-state index contributed by atoms with van der Waals surface area (Å²) in [5, 5.41) is 5.91. The molecule has 0 aliphatic carbocycles. The maximum absolute atomic E-state index is 12.2. The Labute approximate surface area is 119 Å². The van der Waals surface area contributed by atoms with Gasteiger partial charge in [0, 0.05) is 26.2 Å². The first kappa shape index (κ1) is 16.2. The second-order valence-electron chi connectivity index (χ2n) is 4.76. The Bertz CT molecular complexity index is 317. The van der Waals surface area contributed by atoms with Crippen LogP contribution in [-0.2, 0) is 14.3 Å². The molecule has 0 aromatic heterocycles. The van der Waals surface area contributed by atoms with Gasteiger partial charge in [-0.2, -0.15) is 0 Å². The number of hydrogen-bond acceptors (Lipinski definition) is 4. The number of ether oxygens (including phenoxy) is 1. The lowest BCUT2D eigenvalue weighted by Gasteiger charge is -2.32. The fraction of sp³-hybridized carbons (Fsp3) is 0.833. The number of hydrogen-bond donors (Lipinski definition) is 2. The molecule has 0 aromatic carbocycles. The van der Waals surface area contributed by atoms with Gasteiger partial charge in [-0.3, -0.25) is 9.59 Å². The topological polar surface area (TPSA) is 70.7 Å². The van der Waals surface area contributed by atoms with E-state index in [-0.39, 0.29) is 30.1 Å². The highest BCUT2D eigenvalue weighted by Gasteiger charge is 2.30. The summed E-state index contributed by atoms with van der Waals surface area (Å²) in [4.78, 5) is 25.8. The third-order valence-corrected chi connectivity index (χ3v) is 3.50. The fourth-order valence-electron chi connectivity index (χ4n) is 2.11. The quantitative estimate of drug-likeness (QED) is 0.724. The molecule has 1 atom stereocenters. The highest BCUT2D eigenvalue weighted by molar-refractivity contribution is 5.89. The van der Waals surface area contributed by atoms with Gasteiger partial charge in [-0.1, -0.05) is 6.92 Å². The Hall–Kier alpha value is -0.850. The van der Waals surface area contributed by atoms with Crippen LogP contribution in [0.15, 0.2) is 0 Å². The highest BCUT2D eigenvalue weighted by atomic mass is 35.5. The first-order chi connectivity index (χ1) is 8.72. The summed E-state index contributed by atoms with van der Waals surface area (Å²) < 4.78 is 5.22. The summed E-state index contributed by atoms with van der Waals surface area (Å²) in [6.07, 6.45) is 0.627. The summed E-state index contributed by atoms with van der Waals surface area (Å²) >= 11 is 0. The molecule has 2 aliphatic rings. The van der Waals surface area contributed by atoms with Crippen molar-refractivity contribution in [3.8, 4) is 0 Å². The van der Waals surface area contributed by atoms with Gasteiger partial charge in [-0.05, 0) is 6.42 Å². The Morgan fingerprint density at radius 2 is 2.00 bits per heavy atom. The largest absolute Gasteiger partial charge is 0.378 e. The molecular formula is C12H22ClN3O3. The van der Waals surface area contributed by atoms with Crippen LogP contribution in [-0.4, -0.2) is 62.1 Å². The molecule has 1 unspecified atom stereocenters. The number of morpholine rings is 1. The number of rotatable bonds is 4. The van der Waals surface area contributed by atoms with Crippen LogP contribution in [0.25, 0.3) is 0 Å². The minimum absolute atomic E-state index is 0. The van der Waals surface area contributed by atoms with Gasteiger partial charge in [0.1, 0.15) is 6.04 Å². The van der Waals surface area contributed by atoms with Crippen molar-refractivity contribution in [2.24, 2.45) is 5.92 Å². The van der Waals surface area contributed by atoms with E-state index in [1.54, 1.807) is 4.90 Å². The Morgan fingerprint density at radius 3 is 2.47 bits per heavy atom. The zero-order valence-electron chi connectivity index (χ0n) is 11.2. The van der Waals surface area contributed by atoms with Crippen LogP contribution < -0.4 is 10.6 Å². The molecule has 2 fully saturated rings. The molecule has 0 saturated carbocycles. The number of amides is 2. The molecule has 2 amide bonds. The summed E-state index contributed by atoms with van der Waals surface area (Å²) in [5.74, 6) is 0.0279. The van der Waals surface area contributed by atoms with Gasteiger partial charge >= 0.3 is 0 Å². The van der Waals surface area contributed by atoms with Crippen molar-refractivity contribution in [3.05, 3.63) is 0 Å². The average Bonchev–Trinajstić information content (AvgIpc) is 2.34. The van der Waals surface area contributed by atoms with E-state index in [2.05, 4.69) is 10.6 Å². The van der Waals surface area contributed by atoms with E-state index in [0.29, 0.717) is 45.8 Å². The number of nitrogens with zero attached hydrogens (tertiary/aromatic N) is 1. The third-order valence-electron chi connectivity index (χ3n) is 3.50. The van der Waals surface area contributed by atoms with Crippen molar-refractivity contribution in [1.29, 1.82) is 0 Å². The normalized spacial score (nSPS) is 21.0. The van der Waals surface area contributed by atoms with Gasteiger partial charge in [-0.25, -0.2) is 0 Å². The van der Waals surface area contributed by atoms with E-state index < -0.39 is 6.04 Å². The van der Waals surface area contributed by atoms with E-state index in [1.165, 1.54) is 0 Å². The number of nitrogens with one attached hydrogen (secondary N) is 2. The molecule has 2 aliphatic heterocycles. The molecule has 2 heterocycles. The van der Waals surface area contributed by atoms with Crippen LogP contribution in [0.4, 0.5) is 0 Å². The van der Waals surface area contributed by atoms with E-state index in [1.807, 2.05) is 6.92 Å². The molecule has 0 spiro atoms. The summed E-state index contributed by atoms with van der Waals surface area (Å²) in [6, 6.07) is -0.392.